The average Bonchev–Trinajstić information content (AvgIpc) is 2.93. The van der Waals surface area contributed by atoms with Gasteiger partial charge in [-0.3, -0.25) is 9.59 Å². The van der Waals surface area contributed by atoms with Crippen LogP contribution in [0.3, 0.4) is 0 Å². The van der Waals surface area contributed by atoms with Crippen LogP contribution in [0.25, 0.3) is 0 Å². The monoisotopic (exact) mass is 357 g/mol. The van der Waals surface area contributed by atoms with Crippen LogP contribution in [-0.2, 0) is 0 Å². The highest BCUT2D eigenvalue weighted by molar-refractivity contribution is 6.34. The van der Waals surface area contributed by atoms with E-state index in [9.17, 15) is 14.4 Å². The molecule has 4 rings (SSSR count). The number of hydrogen-bond acceptors (Lipinski definition) is 4. The number of ether oxygens (including phenoxy) is 1. The van der Waals surface area contributed by atoms with Crippen LogP contribution >= 0.6 is 0 Å². The lowest BCUT2D eigenvalue weighted by atomic mass is 10.1. The van der Waals surface area contributed by atoms with Crippen LogP contribution < -0.4 is 9.64 Å². The Labute approximate surface area is 155 Å². The van der Waals surface area contributed by atoms with Gasteiger partial charge >= 0.3 is 5.97 Å². The number of aryl methyl sites for hydroxylation is 1. The zero-order chi connectivity index (χ0) is 19.0. The summed E-state index contributed by atoms with van der Waals surface area (Å²) in [5, 5.41) is 0. The predicted octanol–water partition coefficient (Wildman–Crippen LogP) is 4.01. The molecular formula is C22H15NO4. The Balaban J connectivity index is 1.55. The maximum absolute atomic E-state index is 12.5. The highest BCUT2D eigenvalue weighted by Gasteiger charge is 2.36. The van der Waals surface area contributed by atoms with Crippen LogP contribution in [-0.4, -0.2) is 17.8 Å². The molecular weight excluding hydrogens is 342 g/mol. The van der Waals surface area contributed by atoms with Crippen molar-refractivity contribution >= 4 is 23.5 Å². The third-order valence-corrected chi connectivity index (χ3v) is 4.36. The summed E-state index contributed by atoms with van der Waals surface area (Å²) >= 11 is 0. The van der Waals surface area contributed by atoms with Gasteiger partial charge in [-0.1, -0.05) is 24.3 Å². The van der Waals surface area contributed by atoms with Crippen LogP contribution in [0, 0.1) is 6.92 Å². The van der Waals surface area contributed by atoms with Gasteiger partial charge in [0.1, 0.15) is 5.75 Å². The number of benzene rings is 3. The molecule has 0 fully saturated rings. The number of nitrogens with zero attached hydrogens (tertiary/aromatic N) is 1. The number of fused-ring (bicyclic) bond motifs is 1. The Kier molecular flexibility index (Phi) is 4.05. The van der Waals surface area contributed by atoms with Gasteiger partial charge in [0, 0.05) is 0 Å². The largest absolute Gasteiger partial charge is 0.423 e. The maximum Gasteiger partial charge on any atom is 0.343 e. The van der Waals surface area contributed by atoms with Gasteiger partial charge in [0.2, 0.25) is 0 Å². The SMILES string of the molecule is Cc1cccc(OC(=O)c2ccc(N3C(=O)c4ccccc4C3=O)cc2)c1. The van der Waals surface area contributed by atoms with Crippen LogP contribution in [0.2, 0.25) is 0 Å². The third-order valence-electron chi connectivity index (χ3n) is 4.36. The molecule has 3 aromatic rings. The minimum absolute atomic E-state index is 0.330. The predicted molar refractivity (Wildman–Crippen MR) is 100 cm³/mol. The zero-order valence-corrected chi connectivity index (χ0v) is 14.5. The van der Waals surface area contributed by atoms with Crippen molar-refractivity contribution in [3.05, 3.63) is 95.1 Å². The summed E-state index contributed by atoms with van der Waals surface area (Å²) in [6, 6.07) is 20.1. The van der Waals surface area contributed by atoms with E-state index in [0.29, 0.717) is 28.1 Å². The first-order valence-corrected chi connectivity index (χ1v) is 8.41. The van der Waals surface area contributed by atoms with Crippen molar-refractivity contribution in [3.63, 3.8) is 0 Å². The number of esters is 1. The first-order valence-electron chi connectivity index (χ1n) is 8.41. The van der Waals surface area contributed by atoms with E-state index in [1.807, 2.05) is 19.1 Å². The fourth-order valence-corrected chi connectivity index (χ4v) is 3.02. The molecule has 0 saturated carbocycles. The summed E-state index contributed by atoms with van der Waals surface area (Å²) in [5.74, 6) is -0.782. The minimum Gasteiger partial charge on any atom is -0.423 e. The smallest absolute Gasteiger partial charge is 0.343 e. The second-order valence-electron chi connectivity index (χ2n) is 6.24. The van der Waals surface area contributed by atoms with Crippen LogP contribution in [0.5, 0.6) is 5.75 Å². The topological polar surface area (TPSA) is 63.7 Å². The highest BCUT2D eigenvalue weighted by Crippen LogP contribution is 2.28. The quantitative estimate of drug-likeness (QED) is 0.404. The summed E-state index contributed by atoms with van der Waals surface area (Å²) in [4.78, 5) is 38.4. The van der Waals surface area contributed by atoms with Crippen molar-refractivity contribution in [3.8, 4) is 5.75 Å². The Bertz CT molecular complexity index is 1030. The normalized spacial score (nSPS) is 12.9. The molecule has 27 heavy (non-hydrogen) atoms. The molecule has 2 amide bonds. The van der Waals surface area contributed by atoms with E-state index in [0.717, 1.165) is 10.5 Å². The number of amides is 2. The number of hydrogen-bond donors (Lipinski definition) is 0. The molecule has 0 aromatic heterocycles. The fourth-order valence-electron chi connectivity index (χ4n) is 3.02. The van der Waals surface area contributed by atoms with Crippen LogP contribution in [0.15, 0.2) is 72.8 Å². The maximum atomic E-state index is 12.5. The van der Waals surface area contributed by atoms with Gasteiger partial charge in [-0.25, -0.2) is 9.69 Å². The molecule has 1 heterocycles. The lowest BCUT2D eigenvalue weighted by Crippen LogP contribution is -2.29. The second-order valence-corrected chi connectivity index (χ2v) is 6.24. The molecule has 3 aromatic carbocycles. The van der Waals surface area contributed by atoms with Gasteiger partial charge in [0.05, 0.1) is 22.4 Å². The Morgan fingerprint density at radius 1 is 0.815 bits per heavy atom. The van der Waals surface area contributed by atoms with Gasteiger partial charge in [-0.05, 0) is 61.0 Å². The molecule has 0 saturated heterocycles. The van der Waals surface area contributed by atoms with Gasteiger partial charge in [0.25, 0.3) is 11.8 Å². The Morgan fingerprint density at radius 2 is 1.44 bits per heavy atom. The third kappa shape index (κ3) is 3.00. The minimum atomic E-state index is -0.505. The number of carbonyl (C=O) groups excluding carboxylic acids is 3. The van der Waals surface area contributed by atoms with E-state index in [-0.39, 0.29) is 11.8 Å². The number of rotatable bonds is 3. The summed E-state index contributed by atoms with van der Waals surface area (Å²) in [6.45, 7) is 1.91. The second kappa shape index (κ2) is 6.53. The molecule has 5 heteroatoms. The molecule has 0 spiro atoms. The van der Waals surface area contributed by atoms with Gasteiger partial charge in [-0.2, -0.15) is 0 Å². The molecule has 0 bridgehead atoms. The van der Waals surface area contributed by atoms with Crippen LogP contribution in [0.4, 0.5) is 5.69 Å². The summed E-state index contributed by atoms with van der Waals surface area (Å²) in [5.41, 5.74) is 2.49. The molecule has 1 aliphatic rings. The standard InChI is InChI=1S/C22H15NO4/c1-14-5-4-6-17(13-14)27-22(26)15-9-11-16(12-10-15)23-20(24)18-7-2-3-8-19(18)21(23)25/h2-13H,1H3. The van der Waals surface area contributed by atoms with Crippen molar-refractivity contribution in [1.82, 2.24) is 0 Å². The average molecular weight is 357 g/mol. The lowest BCUT2D eigenvalue weighted by molar-refractivity contribution is 0.0734. The number of carbonyl (C=O) groups is 3. The van der Waals surface area contributed by atoms with E-state index in [1.165, 1.54) is 12.1 Å². The molecule has 1 aliphatic heterocycles. The Hall–Kier alpha value is -3.73. The number of imide groups is 1. The van der Waals surface area contributed by atoms with E-state index < -0.39 is 5.97 Å². The lowest BCUT2D eigenvalue weighted by Gasteiger charge is -2.14. The van der Waals surface area contributed by atoms with Gasteiger partial charge in [0.15, 0.2) is 0 Å². The summed E-state index contributed by atoms with van der Waals surface area (Å²) in [7, 11) is 0. The van der Waals surface area contributed by atoms with Crippen molar-refractivity contribution in [2.45, 2.75) is 6.92 Å². The highest BCUT2D eigenvalue weighted by atomic mass is 16.5. The van der Waals surface area contributed by atoms with E-state index in [2.05, 4.69) is 0 Å². The van der Waals surface area contributed by atoms with E-state index in [1.54, 1.807) is 48.5 Å². The van der Waals surface area contributed by atoms with Gasteiger partial charge < -0.3 is 4.74 Å². The molecule has 5 nitrogen and oxygen atoms in total. The first kappa shape index (κ1) is 16.7. The molecule has 0 aliphatic carbocycles. The van der Waals surface area contributed by atoms with E-state index >= 15 is 0 Å². The van der Waals surface area contributed by atoms with Gasteiger partial charge in [-0.15, -0.1) is 0 Å². The Morgan fingerprint density at radius 3 is 2.04 bits per heavy atom. The molecule has 0 N–H and O–H groups in total. The molecule has 132 valence electrons. The molecule has 0 radical (unpaired) electrons. The van der Waals surface area contributed by atoms with E-state index in [4.69, 9.17) is 4.74 Å². The van der Waals surface area contributed by atoms with Crippen molar-refractivity contribution < 1.29 is 19.1 Å². The van der Waals surface area contributed by atoms with Crippen molar-refractivity contribution in [1.29, 1.82) is 0 Å². The molecule has 0 unspecified atom stereocenters. The molecule has 0 atom stereocenters. The van der Waals surface area contributed by atoms with Crippen LogP contribution in [0.1, 0.15) is 36.6 Å². The number of anilines is 1. The zero-order valence-electron chi connectivity index (χ0n) is 14.5. The first-order chi connectivity index (χ1) is 13.0. The fraction of sp³-hybridized carbons (Fsp3) is 0.0455. The van der Waals surface area contributed by atoms with Crippen molar-refractivity contribution in [2.24, 2.45) is 0 Å². The van der Waals surface area contributed by atoms with Crippen molar-refractivity contribution in [2.75, 3.05) is 4.90 Å². The summed E-state index contributed by atoms with van der Waals surface area (Å²) < 4.78 is 5.35. The summed E-state index contributed by atoms with van der Waals surface area (Å²) in [6.07, 6.45) is 0.